The molecule has 1 atom stereocenters. The van der Waals surface area contributed by atoms with Gasteiger partial charge in [-0.3, -0.25) is 0 Å². The van der Waals surface area contributed by atoms with Crippen LogP contribution in [0.5, 0.6) is 0 Å². The fraction of sp³-hybridized carbons (Fsp3) is 1.00. The van der Waals surface area contributed by atoms with E-state index in [2.05, 4.69) is 5.32 Å². The van der Waals surface area contributed by atoms with Crippen molar-refractivity contribution in [1.29, 1.82) is 0 Å². The van der Waals surface area contributed by atoms with Crippen LogP contribution in [-0.4, -0.2) is 32.3 Å². The molecule has 0 saturated carbocycles. The lowest BCUT2D eigenvalue weighted by atomic mass is 9.91. The second-order valence-electron chi connectivity index (χ2n) is 3.53. The molecule has 0 radical (unpaired) electrons. The first-order valence-electron chi connectivity index (χ1n) is 4.79. The molecule has 0 aromatic carbocycles. The molecular weight excluding hydrogens is 152 g/mol. The van der Waals surface area contributed by atoms with Crippen LogP contribution in [0, 0.1) is 0 Å². The van der Waals surface area contributed by atoms with Crippen molar-refractivity contribution in [2.45, 2.75) is 31.3 Å². The molecule has 3 heteroatoms. The van der Waals surface area contributed by atoms with Gasteiger partial charge in [0.2, 0.25) is 0 Å². The first kappa shape index (κ1) is 9.96. The zero-order valence-corrected chi connectivity index (χ0v) is 7.94. The molecule has 0 aromatic rings. The van der Waals surface area contributed by atoms with Crippen molar-refractivity contribution in [1.82, 2.24) is 5.32 Å². The molecule has 3 nitrogen and oxygen atoms in total. The van der Waals surface area contributed by atoms with Crippen LogP contribution in [0.15, 0.2) is 0 Å². The number of nitrogens with one attached hydrogen (secondary N) is 1. The van der Waals surface area contributed by atoms with Gasteiger partial charge in [0.05, 0.1) is 5.60 Å². The lowest BCUT2D eigenvalue weighted by molar-refractivity contribution is -0.0249. The molecule has 1 aliphatic heterocycles. The molecular formula is C9H20N2O. The third-order valence-electron chi connectivity index (χ3n) is 2.78. The molecule has 0 amide bonds. The van der Waals surface area contributed by atoms with Crippen LogP contribution in [0.3, 0.4) is 0 Å². The summed E-state index contributed by atoms with van der Waals surface area (Å²) in [7, 11) is 1.81. The zero-order chi connectivity index (χ0) is 8.86. The number of hydrogen-bond donors (Lipinski definition) is 2. The van der Waals surface area contributed by atoms with Gasteiger partial charge in [-0.2, -0.15) is 0 Å². The van der Waals surface area contributed by atoms with Crippen LogP contribution in [0.4, 0.5) is 0 Å². The second-order valence-corrected chi connectivity index (χ2v) is 3.53. The largest absolute Gasteiger partial charge is 0.378 e. The number of hydrogen-bond acceptors (Lipinski definition) is 3. The first-order valence-corrected chi connectivity index (χ1v) is 4.79. The molecule has 0 bridgehead atoms. The molecule has 12 heavy (non-hydrogen) atoms. The van der Waals surface area contributed by atoms with Crippen molar-refractivity contribution in [2.75, 3.05) is 26.7 Å². The van der Waals surface area contributed by atoms with E-state index in [4.69, 9.17) is 10.5 Å². The minimum Gasteiger partial charge on any atom is -0.378 e. The maximum atomic E-state index is 5.58. The average molecular weight is 172 g/mol. The van der Waals surface area contributed by atoms with Gasteiger partial charge in [-0.25, -0.2) is 0 Å². The Morgan fingerprint density at radius 2 is 2.25 bits per heavy atom. The molecule has 1 saturated heterocycles. The van der Waals surface area contributed by atoms with Crippen LogP contribution in [-0.2, 0) is 4.74 Å². The topological polar surface area (TPSA) is 47.3 Å². The van der Waals surface area contributed by atoms with E-state index in [1.807, 2.05) is 0 Å². The van der Waals surface area contributed by atoms with Gasteiger partial charge in [-0.15, -0.1) is 0 Å². The Kier molecular flexibility index (Phi) is 3.98. The van der Waals surface area contributed by atoms with Gasteiger partial charge in [-0.05, 0) is 45.3 Å². The molecule has 0 aliphatic carbocycles. The Balaban J connectivity index is 2.48. The van der Waals surface area contributed by atoms with Gasteiger partial charge >= 0.3 is 0 Å². The highest BCUT2D eigenvalue weighted by molar-refractivity contribution is 4.84. The molecule has 1 heterocycles. The van der Waals surface area contributed by atoms with Crippen LogP contribution >= 0.6 is 0 Å². The molecule has 0 spiro atoms. The molecule has 1 unspecified atom stereocenters. The van der Waals surface area contributed by atoms with Gasteiger partial charge in [-0.1, -0.05) is 0 Å². The van der Waals surface area contributed by atoms with Crippen molar-refractivity contribution in [3.8, 4) is 0 Å². The quantitative estimate of drug-likeness (QED) is 0.651. The van der Waals surface area contributed by atoms with E-state index in [9.17, 15) is 0 Å². The summed E-state index contributed by atoms with van der Waals surface area (Å²) in [6.07, 6.45) is 4.44. The Labute approximate surface area is 74.7 Å². The van der Waals surface area contributed by atoms with E-state index in [1.165, 1.54) is 6.42 Å². The summed E-state index contributed by atoms with van der Waals surface area (Å²) in [5, 5.41) is 3.37. The SMILES string of the molecule is COC1(CCN)CCCNCC1. The van der Waals surface area contributed by atoms with Gasteiger partial charge in [0.25, 0.3) is 0 Å². The minimum atomic E-state index is 0.0677. The first-order chi connectivity index (χ1) is 5.83. The van der Waals surface area contributed by atoms with Crippen LogP contribution in [0.25, 0.3) is 0 Å². The number of ether oxygens (including phenoxy) is 1. The average Bonchev–Trinajstić information content (AvgIpc) is 2.32. The van der Waals surface area contributed by atoms with Gasteiger partial charge < -0.3 is 15.8 Å². The van der Waals surface area contributed by atoms with Crippen LogP contribution in [0.2, 0.25) is 0 Å². The van der Waals surface area contributed by atoms with Gasteiger partial charge in [0.15, 0.2) is 0 Å². The molecule has 1 fully saturated rings. The highest BCUT2D eigenvalue weighted by Crippen LogP contribution is 2.26. The smallest absolute Gasteiger partial charge is 0.0703 e. The summed E-state index contributed by atoms with van der Waals surface area (Å²) in [6, 6.07) is 0. The van der Waals surface area contributed by atoms with E-state index in [0.29, 0.717) is 0 Å². The molecule has 72 valence electrons. The molecule has 1 rings (SSSR count). The lowest BCUT2D eigenvalue weighted by Crippen LogP contribution is -2.34. The summed E-state index contributed by atoms with van der Waals surface area (Å²) in [4.78, 5) is 0. The van der Waals surface area contributed by atoms with Crippen molar-refractivity contribution >= 4 is 0 Å². The third kappa shape index (κ3) is 2.44. The van der Waals surface area contributed by atoms with Crippen LogP contribution < -0.4 is 11.1 Å². The second kappa shape index (κ2) is 4.80. The maximum absolute atomic E-state index is 5.58. The van der Waals surface area contributed by atoms with Crippen molar-refractivity contribution in [2.24, 2.45) is 5.73 Å². The Bertz CT molecular complexity index is 120. The number of nitrogens with two attached hydrogens (primary N) is 1. The third-order valence-corrected chi connectivity index (χ3v) is 2.78. The van der Waals surface area contributed by atoms with E-state index in [1.54, 1.807) is 7.11 Å². The summed E-state index contributed by atoms with van der Waals surface area (Å²) < 4.78 is 5.58. The summed E-state index contributed by atoms with van der Waals surface area (Å²) in [5.74, 6) is 0. The summed E-state index contributed by atoms with van der Waals surface area (Å²) in [6.45, 7) is 2.91. The highest BCUT2D eigenvalue weighted by atomic mass is 16.5. The monoisotopic (exact) mass is 172 g/mol. The van der Waals surface area contributed by atoms with E-state index in [0.717, 1.165) is 38.9 Å². The molecule has 3 N–H and O–H groups in total. The Hall–Kier alpha value is -0.120. The normalized spacial score (nSPS) is 31.5. The molecule has 1 aliphatic rings. The Morgan fingerprint density at radius 1 is 1.42 bits per heavy atom. The van der Waals surface area contributed by atoms with Crippen molar-refractivity contribution in [3.63, 3.8) is 0 Å². The summed E-state index contributed by atoms with van der Waals surface area (Å²) in [5.41, 5.74) is 5.64. The lowest BCUT2D eigenvalue weighted by Gasteiger charge is -2.30. The fourth-order valence-electron chi connectivity index (χ4n) is 1.92. The predicted octanol–water partition coefficient (Wildman–Crippen LogP) is 0.494. The number of methoxy groups -OCH3 is 1. The molecule has 0 aromatic heterocycles. The number of rotatable bonds is 3. The van der Waals surface area contributed by atoms with Gasteiger partial charge in [0, 0.05) is 7.11 Å². The highest BCUT2D eigenvalue weighted by Gasteiger charge is 2.29. The zero-order valence-electron chi connectivity index (χ0n) is 7.94. The minimum absolute atomic E-state index is 0.0677. The fourth-order valence-corrected chi connectivity index (χ4v) is 1.92. The van der Waals surface area contributed by atoms with Crippen molar-refractivity contribution in [3.05, 3.63) is 0 Å². The maximum Gasteiger partial charge on any atom is 0.0703 e. The standard InChI is InChI=1S/C9H20N2O/c1-12-9(4-6-10)3-2-7-11-8-5-9/h11H,2-8,10H2,1H3. The summed E-state index contributed by atoms with van der Waals surface area (Å²) >= 11 is 0. The van der Waals surface area contributed by atoms with Crippen molar-refractivity contribution < 1.29 is 4.74 Å². The van der Waals surface area contributed by atoms with Gasteiger partial charge in [0.1, 0.15) is 0 Å². The predicted molar refractivity (Wildman–Crippen MR) is 50.1 cm³/mol. The Morgan fingerprint density at radius 3 is 2.92 bits per heavy atom. The van der Waals surface area contributed by atoms with E-state index in [-0.39, 0.29) is 5.60 Å². The van der Waals surface area contributed by atoms with E-state index < -0.39 is 0 Å². The van der Waals surface area contributed by atoms with E-state index >= 15 is 0 Å². The van der Waals surface area contributed by atoms with Crippen LogP contribution in [0.1, 0.15) is 25.7 Å².